The molecule has 0 N–H and O–H groups in total. The van der Waals surface area contributed by atoms with Crippen LogP contribution < -0.4 is 19.8 Å². The predicted octanol–water partition coefficient (Wildman–Crippen LogP) is 5.38. The van der Waals surface area contributed by atoms with Gasteiger partial charge in [-0.1, -0.05) is 19.9 Å². The highest BCUT2D eigenvalue weighted by atomic mass is 16.5. The molecule has 190 valence electrons. The van der Waals surface area contributed by atoms with Crippen molar-refractivity contribution in [2.75, 3.05) is 18.6 Å². The molecular weight excluding hydrogens is 470 g/mol. The molecular formula is C29H29N3O5. The van der Waals surface area contributed by atoms with Crippen LogP contribution >= 0.6 is 0 Å². The highest BCUT2D eigenvalue weighted by molar-refractivity contribution is 6.09. The van der Waals surface area contributed by atoms with E-state index in [0.29, 0.717) is 40.6 Å². The summed E-state index contributed by atoms with van der Waals surface area (Å²) in [7, 11) is 1.56. The molecule has 1 aliphatic rings. The highest BCUT2D eigenvalue weighted by Crippen LogP contribution is 2.42. The minimum absolute atomic E-state index is 0.00515. The summed E-state index contributed by atoms with van der Waals surface area (Å²) in [6.45, 7) is 8.70. The fraction of sp³-hybridized carbons (Fsp3) is 0.310. The van der Waals surface area contributed by atoms with E-state index in [-0.39, 0.29) is 22.7 Å². The number of nitrogens with zero attached hydrogens (tertiary/aromatic N) is 3. The molecule has 5 rings (SSSR count). The van der Waals surface area contributed by atoms with Crippen LogP contribution in [0.1, 0.15) is 59.1 Å². The van der Waals surface area contributed by atoms with Gasteiger partial charge in [-0.15, -0.1) is 0 Å². The zero-order chi connectivity index (χ0) is 26.3. The molecule has 2 aromatic heterocycles. The molecule has 0 saturated heterocycles. The van der Waals surface area contributed by atoms with Gasteiger partial charge in [-0.2, -0.15) is 0 Å². The number of ether oxygens (including phenoxy) is 2. The number of anilines is 1. The lowest BCUT2D eigenvalue weighted by Crippen LogP contribution is -2.31. The van der Waals surface area contributed by atoms with Gasteiger partial charge in [0.25, 0.3) is 5.91 Å². The SMILES string of the molecule is COc1cc(C2c3c(oc4cc(C)c(C)cc4c3=O)C(=O)N2c2ncccn2)ccc1OCCC(C)C. The van der Waals surface area contributed by atoms with Crippen molar-refractivity contribution in [3.63, 3.8) is 0 Å². The zero-order valence-electron chi connectivity index (χ0n) is 21.6. The van der Waals surface area contributed by atoms with Crippen molar-refractivity contribution in [3.8, 4) is 11.5 Å². The van der Waals surface area contributed by atoms with E-state index in [4.69, 9.17) is 13.9 Å². The number of carbonyl (C=O) groups excluding carboxylic acids is 1. The van der Waals surface area contributed by atoms with Gasteiger partial charge in [-0.25, -0.2) is 9.97 Å². The maximum absolute atomic E-state index is 13.9. The Morgan fingerprint density at radius 1 is 1.03 bits per heavy atom. The van der Waals surface area contributed by atoms with Gasteiger partial charge in [0.05, 0.1) is 30.7 Å². The molecule has 4 aromatic rings. The van der Waals surface area contributed by atoms with Crippen molar-refractivity contribution in [2.24, 2.45) is 5.92 Å². The zero-order valence-corrected chi connectivity index (χ0v) is 21.6. The van der Waals surface area contributed by atoms with E-state index in [0.717, 1.165) is 17.5 Å². The van der Waals surface area contributed by atoms with Crippen molar-refractivity contribution in [3.05, 3.63) is 87.0 Å². The number of fused-ring (bicyclic) bond motifs is 2. The van der Waals surface area contributed by atoms with E-state index in [9.17, 15) is 9.59 Å². The fourth-order valence-electron chi connectivity index (χ4n) is 4.54. The Bertz CT molecular complexity index is 1550. The van der Waals surface area contributed by atoms with Crippen LogP contribution in [0.4, 0.5) is 5.95 Å². The summed E-state index contributed by atoms with van der Waals surface area (Å²) >= 11 is 0. The number of aromatic nitrogens is 2. The van der Waals surface area contributed by atoms with Crippen molar-refractivity contribution >= 4 is 22.8 Å². The van der Waals surface area contributed by atoms with Crippen LogP contribution in [0.2, 0.25) is 0 Å². The van der Waals surface area contributed by atoms with Crippen molar-refractivity contribution < 1.29 is 18.7 Å². The van der Waals surface area contributed by atoms with Gasteiger partial charge < -0.3 is 13.9 Å². The lowest BCUT2D eigenvalue weighted by molar-refractivity contribution is 0.0969. The third-order valence-corrected chi connectivity index (χ3v) is 6.71. The molecule has 1 aliphatic heterocycles. The van der Waals surface area contributed by atoms with Crippen LogP contribution in [-0.2, 0) is 0 Å². The summed E-state index contributed by atoms with van der Waals surface area (Å²) in [5.74, 6) is 1.31. The van der Waals surface area contributed by atoms with E-state index in [1.54, 1.807) is 43.8 Å². The molecule has 1 atom stereocenters. The van der Waals surface area contributed by atoms with Crippen LogP contribution in [0.15, 0.2) is 58.0 Å². The molecule has 8 nitrogen and oxygen atoms in total. The van der Waals surface area contributed by atoms with Crippen LogP contribution in [0.3, 0.4) is 0 Å². The van der Waals surface area contributed by atoms with Gasteiger partial charge >= 0.3 is 0 Å². The first-order valence-electron chi connectivity index (χ1n) is 12.3. The average Bonchev–Trinajstić information content (AvgIpc) is 3.18. The third-order valence-electron chi connectivity index (χ3n) is 6.71. The number of benzene rings is 2. The Morgan fingerprint density at radius 3 is 2.46 bits per heavy atom. The van der Waals surface area contributed by atoms with Crippen LogP contribution in [0.5, 0.6) is 11.5 Å². The van der Waals surface area contributed by atoms with Gasteiger partial charge in [0.2, 0.25) is 11.7 Å². The Labute approximate surface area is 214 Å². The maximum atomic E-state index is 13.9. The lowest BCUT2D eigenvalue weighted by Gasteiger charge is -2.24. The number of amides is 1. The molecule has 0 bridgehead atoms. The summed E-state index contributed by atoms with van der Waals surface area (Å²) in [5, 5.41) is 0.427. The van der Waals surface area contributed by atoms with Crippen LogP contribution in [-0.4, -0.2) is 29.6 Å². The minimum Gasteiger partial charge on any atom is -0.493 e. The van der Waals surface area contributed by atoms with Gasteiger partial charge in [-0.05, 0) is 73.2 Å². The standard InChI is InChI=1S/C29H29N3O5/c1-16(2)9-12-36-21-8-7-19(15-23(21)35-5)25-24-26(33)20-13-17(3)18(4)14-22(20)37-27(24)28(34)32(25)29-30-10-6-11-31-29/h6-8,10-11,13-16,25H,9,12H2,1-5H3. The average molecular weight is 500 g/mol. The van der Waals surface area contributed by atoms with Crippen molar-refractivity contribution in [1.82, 2.24) is 9.97 Å². The summed E-state index contributed by atoms with van der Waals surface area (Å²) in [4.78, 5) is 37.6. The van der Waals surface area contributed by atoms with Gasteiger partial charge in [0.15, 0.2) is 16.9 Å². The van der Waals surface area contributed by atoms with E-state index in [1.807, 2.05) is 26.0 Å². The molecule has 1 unspecified atom stereocenters. The van der Waals surface area contributed by atoms with E-state index in [1.165, 1.54) is 4.90 Å². The Balaban J connectivity index is 1.69. The normalized spacial score (nSPS) is 14.9. The second-order valence-corrected chi connectivity index (χ2v) is 9.67. The quantitative estimate of drug-likeness (QED) is 0.337. The van der Waals surface area contributed by atoms with E-state index < -0.39 is 11.9 Å². The number of hydrogen-bond acceptors (Lipinski definition) is 7. The number of hydrogen-bond donors (Lipinski definition) is 0. The Morgan fingerprint density at radius 2 is 1.76 bits per heavy atom. The molecule has 0 fully saturated rings. The van der Waals surface area contributed by atoms with Crippen molar-refractivity contribution in [2.45, 2.75) is 40.2 Å². The Kier molecular flexibility index (Phi) is 6.41. The molecule has 0 aliphatic carbocycles. The summed E-state index contributed by atoms with van der Waals surface area (Å²) in [6.07, 6.45) is 4.02. The van der Waals surface area contributed by atoms with Gasteiger partial charge in [-0.3, -0.25) is 14.5 Å². The molecule has 0 saturated carbocycles. The second kappa shape index (κ2) is 9.69. The lowest BCUT2D eigenvalue weighted by atomic mass is 9.97. The first-order valence-corrected chi connectivity index (χ1v) is 12.3. The molecule has 1 amide bonds. The van der Waals surface area contributed by atoms with E-state index >= 15 is 0 Å². The van der Waals surface area contributed by atoms with Crippen LogP contribution in [0, 0.1) is 19.8 Å². The van der Waals surface area contributed by atoms with Gasteiger partial charge in [0, 0.05) is 12.4 Å². The summed E-state index contributed by atoms with van der Waals surface area (Å²) < 4.78 is 17.7. The van der Waals surface area contributed by atoms with E-state index in [2.05, 4.69) is 23.8 Å². The minimum atomic E-state index is -0.800. The topological polar surface area (TPSA) is 94.8 Å². The fourth-order valence-corrected chi connectivity index (χ4v) is 4.54. The number of methoxy groups -OCH3 is 1. The molecule has 37 heavy (non-hydrogen) atoms. The number of rotatable bonds is 7. The first kappa shape index (κ1) is 24.5. The number of carbonyl (C=O) groups is 1. The molecule has 2 aromatic carbocycles. The third kappa shape index (κ3) is 4.33. The smallest absolute Gasteiger partial charge is 0.297 e. The highest BCUT2D eigenvalue weighted by Gasteiger charge is 2.45. The molecule has 0 radical (unpaired) electrons. The first-order chi connectivity index (χ1) is 17.8. The summed E-state index contributed by atoms with van der Waals surface area (Å²) in [5.41, 5.74) is 2.97. The molecule has 3 heterocycles. The second-order valence-electron chi connectivity index (χ2n) is 9.67. The Hall–Kier alpha value is -4.20. The summed E-state index contributed by atoms with van der Waals surface area (Å²) in [6, 6.07) is 9.90. The maximum Gasteiger partial charge on any atom is 0.297 e. The van der Waals surface area contributed by atoms with Gasteiger partial charge in [0.1, 0.15) is 5.58 Å². The predicted molar refractivity (Wildman–Crippen MR) is 141 cm³/mol. The van der Waals surface area contributed by atoms with Crippen molar-refractivity contribution in [1.29, 1.82) is 0 Å². The largest absolute Gasteiger partial charge is 0.493 e. The molecule has 8 heteroatoms. The monoisotopic (exact) mass is 499 g/mol. The van der Waals surface area contributed by atoms with Crippen LogP contribution in [0.25, 0.3) is 11.0 Å². The molecule has 0 spiro atoms. The number of aryl methyl sites for hydroxylation is 2.